The predicted octanol–water partition coefficient (Wildman–Crippen LogP) is 2.17. The number of hydrogen-bond donors (Lipinski definition) is 2. The summed E-state index contributed by atoms with van der Waals surface area (Å²) in [5, 5.41) is 5.51. The number of aromatic nitrogens is 1. The van der Waals surface area contributed by atoms with Crippen LogP contribution < -0.4 is 10.6 Å². The first-order chi connectivity index (χ1) is 13.0. The number of carbonyl (C=O) groups excluding carboxylic acids is 3. The minimum atomic E-state index is -1.52. The molecule has 2 heterocycles. The molecule has 1 aliphatic rings. The summed E-state index contributed by atoms with van der Waals surface area (Å²) in [6.45, 7) is 6.97. The van der Waals surface area contributed by atoms with Gasteiger partial charge in [-0.25, -0.2) is 4.79 Å². The van der Waals surface area contributed by atoms with Crippen molar-refractivity contribution in [2.75, 3.05) is 6.54 Å². The smallest absolute Gasteiger partial charge is 0.407 e. The monoisotopic (exact) mass is 406 g/mol. The number of ketones is 1. The second-order valence-electron chi connectivity index (χ2n) is 7.35. The second-order valence-corrected chi connectivity index (χ2v) is 7.79. The molecular formula is C19H23ClN4O4. The van der Waals surface area contributed by atoms with Gasteiger partial charge in [0.25, 0.3) is 11.7 Å². The van der Waals surface area contributed by atoms with E-state index in [1.165, 1.54) is 18.5 Å². The Morgan fingerprint density at radius 3 is 2.54 bits per heavy atom. The molecule has 1 aromatic heterocycles. The van der Waals surface area contributed by atoms with E-state index >= 15 is 0 Å². The maximum absolute atomic E-state index is 12.8. The standard InChI is InChI=1S/C19H23ClN4O4/c1-12(24-17(27)28-18(2,3)4)10-22-16(26)15(25)19(8-5-9-23-19)14-7-6-13(20)11-21-14/h5-9,11-12H,10H2,1-4H3,(H,22,26)(H,24,27). The van der Waals surface area contributed by atoms with Crippen LogP contribution >= 0.6 is 11.6 Å². The maximum Gasteiger partial charge on any atom is 0.407 e. The van der Waals surface area contributed by atoms with Gasteiger partial charge in [0.1, 0.15) is 5.60 Å². The Balaban J connectivity index is 2.00. The van der Waals surface area contributed by atoms with Crippen molar-refractivity contribution in [1.82, 2.24) is 15.6 Å². The van der Waals surface area contributed by atoms with Crippen molar-refractivity contribution >= 4 is 35.6 Å². The molecule has 0 saturated heterocycles. The number of nitrogens with one attached hydrogen (secondary N) is 2. The number of hydrogen-bond acceptors (Lipinski definition) is 6. The third-order valence-electron chi connectivity index (χ3n) is 3.70. The SMILES string of the molecule is CC(CNC(=O)C(=O)C1(c2ccc(Cl)cn2)C=CC=N1)NC(=O)OC(C)(C)C. The van der Waals surface area contributed by atoms with Gasteiger partial charge in [-0.15, -0.1) is 0 Å². The number of pyridine rings is 1. The fourth-order valence-electron chi connectivity index (χ4n) is 2.45. The molecule has 1 aliphatic heterocycles. The van der Waals surface area contributed by atoms with Crippen molar-refractivity contribution in [3.63, 3.8) is 0 Å². The van der Waals surface area contributed by atoms with Crippen LogP contribution in [0.25, 0.3) is 0 Å². The number of Topliss-reactive ketones (excluding diaryl/α,β-unsaturated/α-hetero) is 1. The van der Waals surface area contributed by atoms with Crippen molar-refractivity contribution < 1.29 is 19.1 Å². The van der Waals surface area contributed by atoms with Crippen LogP contribution in [0.5, 0.6) is 0 Å². The van der Waals surface area contributed by atoms with Crippen molar-refractivity contribution in [1.29, 1.82) is 0 Å². The van der Waals surface area contributed by atoms with Crippen molar-refractivity contribution in [3.05, 3.63) is 41.2 Å². The number of rotatable bonds is 6. The van der Waals surface area contributed by atoms with E-state index in [-0.39, 0.29) is 6.54 Å². The number of ether oxygens (including phenoxy) is 1. The highest BCUT2D eigenvalue weighted by molar-refractivity contribution is 6.40. The number of alkyl carbamates (subject to hydrolysis) is 1. The molecule has 2 N–H and O–H groups in total. The number of halogens is 1. The first-order valence-corrected chi connectivity index (χ1v) is 9.08. The van der Waals surface area contributed by atoms with Gasteiger partial charge in [-0.3, -0.25) is 19.6 Å². The molecular weight excluding hydrogens is 384 g/mol. The van der Waals surface area contributed by atoms with Gasteiger partial charge >= 0.3 is 6.09 Å². The minimum absolute atomic E-state index is 0.0430. The molecule has 2 unspecified atom stereocenters. The van der Waals surface area contributed by atoms with Crippen LogP contribution in [0.2, 0.25) is 5.02 Å². The first kappa shape index (κ1) is 21.6. The van der Waals surface area contributed by atoms with Crippen LogP contribution in [0, 0.1) is 0 Å². The second kappa shape index (κ2) is 8.52. The Morgan fingerprint density at radius 1 is 1.29 bits per heavy atom. The van der Waals surface area contributed by atoms with E-state index in [0.717, 1.165) is 0 Å². The quantitative estimate of drug-likeness (QED) is 0.703. The first-order valence-electron chi connectivity index (χ1n) is 8.71. The van der Waals surface area contributed by atoms with Gasteiger partial charge in [0.2, 0.25) is 0 Å². The molecule has 0 saturated carbocycles. The zero-order valence-corrected chi connectivity index (χ0v) is 16.9. The van der Waals surface area contributed by atoms with Crippen molar-refractivity contribution in [2.24, 2.45) is 4.99 Å². The third-order valence-corrected chi connectivity index (χ3v) is 3.93. The molecule has 28 heavy (non-hydrogen) atoms. The Hall–Kier alpha value is -2.74. The van der Waals surface area contributed by atoms with E-state index in [0.29, 0.717) is 10.7 Å². The lowest BCUT2D eigenvalue weighted by Crippen LogP contribution is -2.48. The van der Waals surface area contributed by atoms with Gasteiger partial charge in [-0.1, -0.05) is 11.6 Å². The van der Waals surface area contributed by atoms with Crippen LogP contribution in [0.15, 0.2) is 35.5 Å². The van der Waals surface area contributed by atoms with Gasteiger partial charge in [-0.05, 0) is 52.0 Å². The Labute approximate surface area is 168 Å². The summed E-state index contributed by atoms with van der Waals surface area (Å²) >= 11 is 5.84. The number of nitrogens with zero attached hydrogens (tertiary/aromatic N) is 2. The highest BCUT2D eigenvalue weighted by Gasteiger charge is 2.43. The van der Waals surface area contributed by atoms with E-state index in [1.54, 1.807) is 45.9 Å². The number of aliphatic imine (C=N–C) groups is 1. The van der Waals surface area contributed by atoms with E-state index < -0.39 is 35.0 Å². The number of carbonyl (C=O) groups is 3. The minimum Gasteiger partial charge on any atom is -0.444 e. The van der Waals surface area contributed by atoms with Crippen molar-refractivity contribution in [2.45, 2.75) is 44.9 Å². The summed E-state index contributed by atoms with van der Waals surface area (Å²) in [6.07, 6.45) is 5.31. The summed E-state index contributed by atoms with van der Waals surface area (Å²) < 4.78 is 5.15. The van der Waals surface area contributed by atoms with Gasteiger partial charge in [0.05, 0.1) is 10.7 Å². The lowest BCUT2D eigenvalue weighted by atomic mass is 9.90. The van der Waals surface area contributed by atoms with E-state index in [9.17, 15) is 14.4 Å². The highest BCUT2D eigenvalue weighted by atomic mass is 35.5. The van der Waals surface area contributed by atoms with Crippen LogP contribution in [0.4, 0.5) is 4.79 Å². The highest BCUT2D eigenvalue weighted by Crippen LogP contribution is 2.30. The average molecular weight is 407 g/mol. The van der Waals surface area contributed by atoms with Gasteiger partial charge < -0.3 is 15.4 Å². The lowest BCUT2D eigenvalue weighted by molar-refractivity contribution is -0.140. The third kappa shape index (κ3) is 5.39. The molecule has 150 valence electrons. The molecule has 0 aromatic carbocycles. The normalized spacial score (nSPS) is 19.2. The molecule has 2 atom stereocenters. The predicted molar refractivity (Wildman–Crippen MR) is 105 cm³/mol. The molecule has 2 rings (SSSR count). The summed E-state index contributed by atoms with van der Waals surface area (Å²) in [6, 6.07) is 2.68. The molecule has 1 aromatic rings. The summed E-state index contributed by atoms with van der Waals surface area (Å²) in [5.74, 6) is -1.62. The fraction of sp³-hybridized carbons (Fsp3) is 0.421. The van der Waals surface area contributed by atoms with Crippen LogP contribution in [0.1, 0.15) is 33.4 Å². The van der Waals surface area contributed by atoms with Crippen LogP contribution in [-0.4, -0.2) is 47.2 Å². The Bertz CT molecular complexity index is 800. The van der Waals surface area contributed by atoms with Crippen LogP contribution in [0.3, 0.4) is 0 Å². The lowest BCUT2D eigenvalue weighted by Gasteiger charge is -2.23. The molecule has 0 spiro atoms. The summed E-state index contributed by atoms with van der Waals surface area (Å²) in [7, 11) is 0. The Morgan fingerprint density at radius 2 is 2.00 bits per heavy atom. The van der Waals surface area contributed by atoms with Crippen molar-refractivity contribution in [3.8, 4) is 0 Å². The molecule has 0 radical (unpaired) electrons. The molecule has 9 heteroatoms. The zero-order valence-electron chi connectivity index (χ0n) is 16.2. The maximum atomic E-state index is 12.8. The fourth-order valence-corrected chi connectivity index (χ4v) is 2.56. The topological polar surface area (TPSA) is 110 Å². The summed E-state index contributed by atoms with van der Waals surface area (Å²) in [5.41, 5.74) is -1.86. The molecule has 0 bridgehead atoms. The Kier molecular flexibility index (Phi) is 6.56. The van der Waals surface area contributed by atoms with E-state index in [4.69, 9.17) is 16.3 Å². The largest absolute Gasteiger partial charge is 0.444 e. The zero-order chi connectivity index (χ0) is 20.9. The summed E-state index contributed by atoms with van der Waals surface area (Å²) in [4.78, 5) is 45.3. The molecule has 0 aliphatic carbocycles. The average Bonchev–Trinajstić information content (AvgIpc) is 3.08. The number of amides is 2. The van der Waals surface area contributed by atoms with Gasteiger partial charge in [0.15, 0.2) is 5.54 Å². The van der Waals surface area contributed by atoms with E-state index in [2.05, 4.69) is 20.6 Å². The van der Waals surface area contributed by atoms with E-state index in [1.807, 2.05) is 0 Å². The molecule has 0 fully saturated rings. The molecule has 2 amide bonds. The van der Waals surface area contributed by atoms with Crippen LogP contribution in [-0.2, 0) is 19.9 Å². The van der Waals surface area contributed by atoms with Gasteiger partial charge in [-0.2, -0.15) is 0 Å². The molecule has 8 nitrogen and oxygen atoms in total. The van der Waals surface area contributed by atoms with Gasteiger partial charge in [0, 0.05) is 25.0 Å². The number of allylic oxidation sites excluding steroid dienone is 1.